The maximum Gasteiger partial charge on any atom is 0.338 e. The molecule has 0 spiro atoms. The highest BCUT2D eigenvalue weighted by Crippen LogP contribution is 2.16. The van der Waals surface area contributed by atoms with Gasteiger partial charge in [0.2, 0.25) is 0 Å². The van der Waals surface area contributed by atoms with E-state index in [4.69, 9.17) is 14.6 Å². The average Bonchev–Trinajstić information content (AvgIpc) is 2.51. The molecule has 5 nitrogen and oxygen atoms in total. The molecule has 23 heavy (non-hydrogen) atoms. The second-order valence-electron chi connectivity index (χ2n) is 5.13. The molecule has 0 aromatic heterocycles. The molecule has 0 aliphatic heterocycles. The fourth-order valence-electron chi connectivity index (χ4n) is 1.73. The van der Waals surface area contributed by atoms with Crippen molar-refractivity contribution in [3.05, 3.63) is 41.7 Å². The van der Waals surface area contributed by atoms with Gasteiger partial charge >= 0.3 is 11.9 Å². The number of rotatable bonds is 9. The van der Waals surface area contributed by atoms with E-state index in [9.17, 15) is 14.0 Å². The van der Waals surface area contributed by atoms with Crippen molar-refractivity contribution in [2.24, 2.45) is 0 Å². The third kappa shape index (κ3) is 6.95. The van der Waals surface area contributed by atoms with Crippen molar-refractivity contribution in [3.8, 4) is 5.75 Å². The lowest BCUT2D eigenvalue weighted by Crippen LogP contribution is -2.07. The standard InChI is InChI=1S/C17H21FO5/c1-12(2)16(20)22-9-5-3-4-6-10-23-17(21)13-7-8-15(19)14(18)11-13/h7-8,11,19H,1,3-6,9-10H2,2H3. The van der Waals surface area contributed by atoms with E-state index in [0.29, 0.717) is 18.6 Å². The molecule has 1 aromatic carbocycles. The molecule has 0 amide bonds. The van der Waals surface area contributed by atoms with Crippen molar-refractivity contribution in [3.63, 3.8) is 0 Å². The number of phenols is 1. The number of benzene rings is 1. The number of aromatic hydroxyl groups is 1. The summed E-state index contributed by atoms with van der Waals surface area (Å²) in [6, 6.07) is 3.35. The van der Waals surface area contributed by atoms with Crippen LogP contribution in [0.2, 0.25) is 0 Å². The first-order chi connectivity index (χ1) is 10.9. The van der Waals surface area contributed by atoms with Gasteiger partial charge in [0.15, 0.2) is 11.6 Å². The van der Waals surface area contributed by atoms with Crippen molar-refractivity contribution < 1.29 is 28.6 Å². The van der Waals surface area contributed by atoms with E-state index in [-0.39, 0.29) is 18.1 Å². The minimum Gasteiger partial charge on any atom is -0.505 e. The van der Waals surface area contributed by atoms with Crippen LogP contribution in [0.4, 0.5) is 4.39 Å². The smallest absolute Gasteiger partial charge is 0.338 e. The van der Waals surface area contributed by atoms with Gasteiger partial charge in [0.1, 0.15) is 0 Å². The van der Waals surface area contributed by atoms with Crippen molar-refractivity contribution in [2.45, 2.75) is 32.6 Å². The number of carbonyl (C=O) groups excluding carboxylic acids is 2. The Labute approximate surface area is 134 Å². The zero-order valence-corrected chi connectivity index (χ0v) is 13.1. The zero-order chi connectivity index (χ0) is 17.2. The van der Waals surface area contributed by atoms with Crippen molar-refractivity contribution in [1.82, 2.24) is 0 Å². The summed E-state index contributed by atoms with van der Waals surface area (Å²) in [6.07, 6.45) is 3.06. The summed E-state index contributed by atoms with van der Waals surface area (Å²) in [4.78, 5) is 22.8. The Morgan fingerprint density at radius 3 is 2.30 bits per heavy atom. The predicted octanol–water partition coefficient (Wildman–Crippen LogP) is 3.37. The van der Waals surface area contributed by atoms with Crippen LogP contribution in [-0.2, 0) is 14.3 Å². The Balaban J connectivity index is 2.10. The van der Waals surface area contributed by atoms with Crippen LogP contribution >= 0.6 is 0 Å². The first kappa shape index (κ1) is 18.7. The maximum atomic E-state index is 13.1. The van der Waals surface area contributed by atoms with Gasteiger partial charge in [-0.3, -0.25) is 0 Å². The Bertz CT molecular complexity index is 568. The first-order valence-corrected chi connectivity index (χ1v) is 7.40. The fraction of sp³-hybridized carbons (Fsp3) is 0.412. The Morgan fingerprint density at radius 2 is 1.74 bits per heavy atom. The lowest BCUT2D eigenvalue weighted by Gasteiger charge is -2.06. The van der Waals surface area contributed by atoms with Crippen LogP contribution in [0.3, 0.4) is 0 Å². The van der Waals surface area contributed by atoms with Crippen molar-refractivity contribution in [2.75, 3.05) is 13.2 Å². The third-order valence-electron chi connectivity index (χ3n) is 3.04. The molecule has 1 aromatic rings. The van der Waals surface area contributed by atoms with Gasteiger partial charge in [0.05, 0.1) is 18.8 Å². The highest BCUT2D eigenvalue weighted by molar-refractivity contribution is 5.89. The number of hydrogen-bond acceptors (Lipinski definition) is 5. The minimum absolute atomic E-state index is 0.0620. The second kappa shape index (κ2) is 9.61. The summed E-state index contributed by atoms with van der Waals surface area (Å²) in [5, 5.41) is 9.04. The van der Waals surface area contributed by atoms with E-state index < -0.39 is 17.5 Å². The molecule has 0 heterocycles. The zero-order valence-electron chi connectivity index (χ0n) is 13.1. The number of hydrogen-bond donors (Lipinski definition) is 1. The van der Waals surface area contributed by atoms with Crippen molar-refractivity contribution >= 4 is 11.9 Å². The van der Waals surface area contributed by atoms with Crippen LogP contribution in [-0.4, -0.2) is 30.3 Å². The number of halogens is 1. The Morgan fingerprint density at radius 1 is 1.13 bits per heavy atom. The lowest BCUT2D eigenvalue weighted by atomic mass is 10.2. The molecule has 0 aliphatic rings. The number of carbonyl (C=O) groups is 2. The highest BCUT2D eigenvalue weighted by atomic mass is 19.1. The largest absolute Gasteiger partial charge is 0.505 e. The average molecular weight is 324 g/mol. The van der Waals surface area contributed by atoms with Crippen LogP contribution in [0.5, 0.6) is 5.75 Å². The normalized spacial score (nSPS) is 10.2. The molecule has 0 bridgehead atoms. The second-order valence-corrected chi connectivity index (χ2v) is 5.13. The number of phenolic OH excluding ortho intramolecular Hbond substituents is 1. The number of unbranched alkanes of at least 4 members (excludes halogenated alkanes) is 3. The molecule has 0 unspecified atom stereocenters. The molecule has 0 aliphatic carbocycles. The van der Waals surface area contributed by atoms with E-state index in [1.165, 1.54) is 6.07 Å². The van der Waals surface area contributed by atoms with Crippen molar-refractivity contribution in [1.29, 1.82) is 0 Å². The first-order valence-electron chi connectivity index (χ1n) is 7.40. The predicted molar refractivity (Wildman–Crippen MR) is 82.6 cm³/mol. The van der Waals surface area contributed by atoms with Gasteiger partial charge in [-0.25, -0.2) is 14.0 Å². The van der Waals surface area contributed by atoms with E-state index >= 15 is 0 Å². The molecular formula is C17H21FO5. The van der Waals surface area contributed by atoms with Gasteiger partial charge in [-0.1, -0.05) is 6.58 Å². The molecule has 126 valence electrons. The lowest BCUT2D eigenvalue weighted by molar-refractivity contribution is -0.139. The van der Waals surface area contributed by atoms with Gasteiger partial charge in [-0.05, 0) is 50.8 Å². The summed E-state index contributed by atoms with van der Waals surface area (Å²) in [7, 11) is 0. The van der Waals surface area contributed by atoms with Gasteiger partial charge in [0.25, 0.3) is 0 Å². The summed E-state index contributed by atoms with van der Waals surface area (Å²) in [6.45, 7) is 5.65. The third-order valence-corrected chi connectivity index (χ3v) is 3.04. The van der Waals surface area contributed by atoms with E-state index in [2.05, 4.69) is 6.58 Å². The monoisotopic (exact) mass is 324 g/mol. The van der Waals surface area contributed by atoms with Gasteiger partial charge in [0, 0.05) is 5.57 Å². The molecule has 6 heteroatoms. The quantitative estimate of drug-likeness (QED) is 0.428. The maximum absolute atomic E-state index is 13.1. The molecule has 0 atom stereocenters. The Hall–Kier alpha value is -2.37. The number of esters is 2. The van der Waals surface area contributed by atoms with Gasteiger partial charge < -0.3 is 14.6 Å². The fourth-order valence-corrected chi connectivity index (χ4v) is 1.73. The van der Waals surface area contributed by atoms with E-state index in [1.54, 1.807) is 6.92 Å². The van der Waals surface area contributed by atoms with Gasteiger partial charge in [-0.15, -0.1) is 0 Å². The van der Waals surface area contributed by atoms with Crippen LogP contribution in [0.25, 0.3) is 0 Å². The Kier molecular flexibility index (Phi) is 7.80. The molecule has 0 fully saturated rings. The van der Waals surface area contributed by atoms with Crippen LogP contribution in [0, 0.1) is 5.82 Å². The number of ether oxygens (including phenoxy) is 2. The summed E-state index contributed by atoms with van der Waals surface area (Å²) in [5.74, 6) is -2.38. The highest BCUT2D eigenvalue weighted by Gasteiger charge is 2.10. The van der Waals surface area contributed by atoms with E-state index in [0.717, 1.165) is 31.4 Å². The molecular weight excluding hydrogens is 303 g/mol. The molecule has 0 radical (unpaired) electrons. The molecule has 1 N–H and O–H groups in total. The molecule has 0 saturated heterocycles. The van der Waals surface area contributed by atoms with Crippen LogP contribution in [0.1, 0.15) is 43.0 Å². The molecule has 1 rings (SSSR count). The summed E-state index contributed by atoms with van der Waals surface area (Å²) in [5.41, 5.74) is 0.439. The summed E-state index contributed by atoms with van der Waals surface area (Å²) < 4.78 is 23.1. The SMILES string of the molecule is C=C(C)C(=O)OCCCCCCOC(=O)c1ccc(O)c(F)c1. The van der Waals surface area contributed by atoms with Gasteiger partial charge in [-0.2, -0.15) is 0 Å². The van der Waals surface area contributed by atoms with Crippen LogP contribution < -0.4 is 0 Å². The summed E-state index contributed by atoms with van der Waals surface area (Å²) >= 11 is 0. The topological polar surface area (TPSA) is 72.8 Å². The van der Waals surface area contributed by atoms with E-state index in [1.807, 2.05) is 0 Å². The molecule has 0 saturated carbocycles. The van der Waals surface area contributed by atoms with Crippen LogP contribution in [0.15, 0.2) is 30.4 Å². The minimum atomic E-state index is -0.858.